The molecule has 0 aliphatic heterocycles. The molecule has 2 rings (SSSR count). The highest BCUT2D eigenvalue weighted by Crippen LogP contribution is 2.37. The molecule has 0 radical (unpaired) electrons. The maximum Gasteiger partial charge on any atom is 0.306 e. The molecular weight excluding hydrogens is 184 g/mol. The first-order valence-electron chi connectivity index (χ1n) is 4.54. The van der Waals surface area contributed by atoms with Gasteiger partial charge in [-0.25, -0.2) is 4.68 Å². The van der Waals surface area contributed by atoms with Gasteiger partial charge >= 0.3 is 5.97 Å². The van der Waals surface area contributed by atoms with Crippen molar-refractivity contribution in [2.75, 3.05) is 0 Å². The van der Waals surface area contributed by atoms with Crippen LogP contribution in [0, 0.1) is 5.92 Å². The molecule has 6 nitrogen and oxygen atoms in total. The summed E-state index contributed by atoms with van der Waals surface area (Å²) in [5, 5.41) is 16.4. The molecule has 1 aliphatic rings. The molecule has 1 aromatic heterocycles. The Morgan fingerprint density at radius 2 is 2.43 bits per heavy atom. The molecule has 1 heterocycles. The van der Waals surface area contributed by atoms with Crippen molar-refractivity contribution in [3.63, 3.8) is 0 Å². The number of carboxylic acid groups (broad SMARTS) is 1. The van der Waals surface area contributed by atoms with E-state index in [2.05, 4.69) is 10.3 Å². The van der Waals surface area contributed by atoms with Crippen LogP contribution < -0.4 is 5.73 Å². The highest BCUT2D eigenvalue weighted by atomic mass is 16.4. The van der Waals surface area contributed by atoms with E-state index >= 15 is 0 Å². The van der Waals surface area contributed by atoms with Crippen LogP contribution in [0.15, 0.2) is 6.20 Å². The minimum atomic E-state index is -0.722. The van der Waals surface area contributed by atoms with E-state index in [1.54, 1.807) is 10.9 Å². The first kappa shape index (κ1) is 9.14. The fraction of sp³-hybridized carbons (Fsp3) is 0.625. The third-order valence-electron chi connectivity index (χ3n) is 2.60. The fourth-order valence-corrected chi connectivity index (χ4v) is 1.59. The van der Waals surface area contributed by atoms with E-state index in [0.29, 0.717) is 19.4 Å². The first-order valence-corrected chi connectivity index (χ1v) is 4.54. The second-order valence-corrected chi connectivity index (χ2v) is 3.55. The third kappa shape index (κ3) is 1.48. The molecule has 1 aromatic rings. The Morgan fingerprint density at radius 1 is 1.71 bits per heavy atom. The van der Waals surface area contributed by atoms with Crippen molar-refractivity contribution in [2.45, 2.75) is 25.4 Å². The zero-order chi connectivity index (χ0) is 10.1. The van der Waals surface area contributed by atoms with Gasteiger partial charge in [0.15, 0.2) is 0 Å². The highest BCUT2D eigenvalue weighted by molar-refractivity contribution is 5.71. The van der Waals surface area contributed by atoms with E-state index in [9.17, 15) is 4.79 Å². The molecule has 0 atom stereocenters. The Labute approximate surface area is 80.7 Å². The monoisotopic (exact) mass is 196 g/mol. The highest BCUT2D eigenvalue weighted by Gasteiger charge is 2.36. The Kier molecular flexibility index (Phi) is 2.20. The van der Waals surface area contributed by atoms with Gasteiger partial charge in [-0.1, -0.05) is 5.21 Å². The number of nitrogens with zero attached hydrogens (tertiary/aromatic N) is 3. The minimum absolute atomic E-state index is 0.184. The Morgan fingerprint density at radius 3 is 2.93 bits per heavy atom. The second kappa shape index (κ2) is 3.38. The summed E-state index contributed by atoms with van der Waals surface area (Å²) in [6.07, 6.45) is 3.06. The van der Waals surface area contributed by atoms with Crippen LogP contribution in [0.5, 0.6) is 0 Å². The third-order valence-corrected chi connectivity index (χ3v) is 2.60. The lowest BCUT2D eigenvalue weighted by Gasteiger charge is -2.31. The summed E-state index contributed by atoms with van der Waals surface area (Å²) in [6, 6.07) is 0.184. The Balaban J connectivity index is 1.96. The summed E-state index contributed by atoms with van der Waals surface area (Å²) in [5.74, 6) is -0.939. The van der Waals surface area contributed by atoms with Gasteiger partial charge in [0.1, 0.15) is 0 Å². The van der Waals surface area contributed by atoms with Gasteiger partial charge in [0.2, 0.25) is 0 Å². The van der Waals surface area contributed by atoms with Gasteiger partial charge in [-0.3, -0.25) is 4.79 Å². The number of aromatic nitrogens is 3. The van der Waals surface area contributed by atoms with Gasteiger partial charge in [-0.2, -0.15) is 0 Å². The van der Waals surface area contributed by atoms with Crippen molar-refractivity contribution in [2.24, 2.45) is 11.7 Å². The van der Waals surface area contributed by atoms with E-state index in [-0.39, 0.29) is 12.0 Å². The van der Waals surface area contributed by atoms with Gasteiger partial charge in [0.25, 0.3) is 0 Å². The summed E-state index contributed by atoms with van der Waals surface area (Å²) < 4.78 is 1.71. The van der Waals surface area contributed by atoms with E-state index in [0.717, 1.165) is 5.69 Å². The van der Waals surface area contributed by atoms with Crippen molar-refractivity contribution in [3.05, 3.63) is 11.9 Å². The molecule has 3 N–H and O–H groups in total. The molecule has 0 aromatic carbocycles. The lowest BCUT2D eigenvalue weighted by molar-refractivity contribution is -0.146. The molecule has 1 saturated carbocycles. The number of carboxylic acids is 1. The lowest BCUT2D eigenvalue weighted by Crippen LogP contribution is -2.32. The summed E-state index contributed by atoms with van der Waals surface area (Å²) >= 11 is 0. The molecule has 76 valence electrons. The van der Waals surface area contributed by atoms with Gasteiger partial charge in [-0.15, -0.1) is 5.10 Å². The largest absolute Gasteiger partial charge is 0.481 e. The quantitative estimate of drug-likeness (QED) is 0.696. The molecule has 0 unspecified atom stereocenters. The van der Waals surface area contributed by atoms with Crippen LogP contribution in [-0.4, -0.2) is 26.1 Å². The van der Waals surface area contributed by atoms with E-state index in [1.165, 1.54) is 0 Å². The molecule has 0 amide bonds. The van der Waals surface area contributed by atoms with Crippen LogP contribution in [0.3, 0.4) is 0 Å². The van der Waals surface area contributed by atoms with Gasteiger partial charge in [0, 0.05) is 6.54 Å². The predicted octanol–water partition coefficient (Wildman–Crippen LogP) is -0.228. The number of nitrogens with two attached hydrogens (primary N) is 1. The fourth-order valence-electron chi connectivity index (χ4n) is 1.59. The van der Waals surface area contributed by atoms with Crippen LogP contribution in [0.25, 0.3) is 0 Å². The molecule has 0 bridgehead atoms. The predicted molar refractivity (Wildman–Crippen MR) is 47.3 cm³/mol. The molecule has 0 spiro atoms. The summed E-state index contributed by atoms with van der Waals surface area (Å²) in [5.41, 5.74) is 6.13. The van der Waals surface area contributed by atoms with Crippen molar-refractivity contribution in [1.82, 2.24) is 15.0 Å². The summed E-state index contributed by atoms with van der Waals surface area (Å²) in [7, 11) is 0. The zero-order valence-electron chi connectivity index (χ0n) is 7.63. The van der Waals surface area contributed by atoms with Gasteiger partial charge in [0.05, 0.1) is 23.9 Å². The van der Waals surface area contributed by atoms with Crippen LogP contribution in [0.2, 0.25) is 0 Å². The molecule has 1 fully saturated rings. The number of hydrogen-bond donors (Lipinski definition) is 2. The first-order chi connectivity index (χ1) is 6.70. The van der Waals surface area contributed by atoms with Crippen molar-refractivity contribution in [3.8, 4) is 0 Å². The summed E-state index contributed by atoms with van der Waals surface area (Å²) in [4.78, 5) is 10.6. The van der Waals surface area contributed by atoms with Gasteiger partial charge < -0.3 is 10.8 Å². The zero-order valence-corrected chi connectivity index (χ0v) is 7.63. The Hall–Kier alpha value is -1.43. The molecule has 0 saturated heterocycles. The van der Waals surface area contributed by atoms with Crippen LogP contribution >= 0.6 is 0 Å². The number of aliphatic carboxylic acids is 1. The van der Waals surface area contributed by atoms with Crippen molar-refractivity contribution in [1.29, 1.82) is 0 Å². The van der Waals surface area contributed by atoms with E-state index < -0.39 is 5.97 Å². The van der Waals surface area contributed by atoms with E-state index in [1.807, 2.05) is 0 Å². The normalized spacial score (nSPS) is 25.8. The maximum atomic E-state index is 10.6. The second-order valence-electron chi connectivity index (χ2n) is 3.55. The lowest BCUT2D eigenvalue weighted by atomic mass is 9.80. The van der Waals surface area contributed by atoms with Crippen LogP contribution in [-0.2, 0) is 11.3 Å². The number of rotatable bonds is 3. The number of hydrogen-bond acceptors (Lipinski definition) is 4. The molecule has 6 heteroatoms. The average molecular weight is 196 g/mol. The molecular formula is C8H12N4O2. The van der Waals surface area contributed by atoms with Crippen LogP contribution in [0.1, 0.15) is 24.6 Å². The topological polar surface area (TPSA) is 94.0 Å². The maximum absolute atomic E-state index is 10.6. The average Bonchev–Trinajstić information content (AvgIpc) is 2.49. The van der Waals surface area contributed by atoms with E-state index in [4.69, 9.17) is 10.8 Å². The standard InChI is InChI=1S/C8H12N4O2/c9-3-6-4-12(11-10-6)7-1-5(2-7)8(13)14/h4-5,7H,1-3,9H2,(H,13,14). The minimum Gasteiger partial charge on any atom is -0.481 e. The molecule has 14 heavy (non-hydrogen) atoms. The Bertz CT molecular complexity index is 343. The SMILES string of the molecule is NCc1cn(C2CC(C(=O)O)C2)nn1. The summed E-state index contributed by atoms with van der Waals surface area (Å²) in [6.45, 7) is 0.370. The molecule has 1 aliphatic carbocycles. The van der Waals surface area contributed by atoms with Crippen molar-refractivity contribution < 1.29 is 9.90 Å². The van der Waals surface area contributed by atoms with Crippen LogP contribution in [0.4, 0.5) is 0 Å². The van der Waals surface area contributed by atoms with Gasteiger partial charge in [-0.05, 0) is 12.8 Å². The smallest absolute Gasteiger partial charge is 0.306 e. The number of carbonyl (C=O) groups is 1. The van der Waals surface area contributed by atoms with Crippen molar-refractivity contribution >= 4 is 5.97 Å².